The number of amides is 1. The van der Waals surface area contributed by atoms with Crippen LogP contribution in [0.15, 0.2) is 58.3 Å². The molecule has 3 aromatic rings. The van der Waals surface area contributed by atoms with Gasteiger partial charge in [-0.05, 0) is 57.8 Å². The van der Waals surface area contributed by atoms with E-state index in [4.69, 9.17) is 21.3 Å². The SMILES string of the molecule is COC1=CC=NC(c2cc3c(n2C(C)C)C(c2ccc(C#N)c(F)c2)N(c2cc(Cl)c[nH]c2=O)C3=O)(N(C)C)N1. The number of nitriles is 1. The van der Waals surface area contributed by atoms with Gasteiger partial charge < -0.3 is 19.6 Å². The molecule has 2 unspecified atom stereocenters. The van der Waals surface area contributed by atoms with Crippen molar-refractivity contribution in [3.05, 3.63) is 97.8 Å². The topological polar surface area (TPSA) is 119 Å². The first-order valence-corrected chi connectivity index (χ1v) is 12.8. The first kappa shape index (κ1) is 27.2. The number of carbonyl (C=O) groups excluding carboxylic acids is 1. The summed E-state index contributed by atoms with van der Waals surface area (Å²) in [6.07, 6.45) is 4.66. The van der Waals surface area contributed by atoms with Gasteiger partial charge in [0.25, 0.3) is 11.5 Å². The van der Waals surface area contributed by atoms with Gasteiger partial charge in [-0.3, -0.25) is 19.4 Å². The minimum atomic E-state index is -1.15. The van der Waals surface area contributed by atoms with Crippen molar-refractivity contribution in [3.8, 4) is 6.07 Å². The zero-order chi connectivity index (χ0) is 28.9. The molecule has 0 saturated heterocycles. The molecule has 0 fully saturated rings. The normalized spacial score (nSPS) is 20.0. The van der Waals surface area contributed by atoms with E-state index in [1.807, 2.05) is 43.5 Å². The lowest BCUT2D eigenvalue weighted by Crippen LogP contribution is -2.54. The van der Waals surface area contributed by atoms with Crippen molar-refractivity contribution in [2.24, 2.45) is 4.99 Å². The molecule has 10 nitrogen and oxygen atoms in total. The van der Waals surface area contributed by atoms with E-state index in [0.29, 0.717) is 28.4 Å². The molecule has 0 aliphatic carbocycles. The maximum absolute atomic E-state index is 15.0. The van der Waals surface area contributed by atoms with Gasteiger partial charge in [0.1, 0.15) is 23.6 Å². The number of benzene rings is 1. The maximum atomic E-state index is 15.0. The number of hydrogen-bond acceptors (Lipinski definition) is 7. The molecular formula is C28H27ClFN7O3. The largest absolute Gasteiger partial charge is 0.482 e. The number of H-pyrrole nitrogens is 1. The molecule has 0 saturated carbocycles. The lowest BCUT2D eigenvalue weighted by molar-refractivity contribution is 0.0848. The van der Waals surface area contributed by atoms with Crippen molar-refractivity contribution < 1.29 is 13.9 Å². The van der Waals surface area contributed by atoms with Crippen LogP contribution in [0.2, 0.25) is 5.02 Å². The number of hydrogen-bond donors (Lipinski definition) is 2. The van der Waals surface area contributed by atoms with Crippen molar-refractivity contribution >= 4 is 29.4 Å². The molecule has 40 heavy (non-hydrogen) atoms. The van der Waals surface area contributed by atoms with Crippen LogP contribution in [0, 0.1) is 17.1 Å². The number of pyridine rings is 1. The number of anilines is 1. The van der Waals surface area contributed by atoms with Gasteiger partial charge in [0.15, 0.2) is 5.88 Å². The lowest BCUT2D eigenvalue weighted by atomic mass is 10.0. The summed E-state index contributed by atoms with van der Waals surface area (Å²) in [6.45, 7) is 3.92. The number of rotatable bonds is 6. The van der Waals surface area contributed by atoms with Crippen LogP contribution in [0.4, 0.5) is 10.1 Å². The molecule has 0 radical (unpaired) electrons. The Bertz CT molecular complexity index is 1680. The molecule has 5 rings (SSSR count). The molecule has 4 heterocycles. The Morgan fingerprint density at radius 1 is 1.25 bits per heavy atom. The maximum Gasteiger partial charge on any atom is 0.272 e. The number of aromatic amines is 1. The Balaban J connectivity index is 1.82. The summed E-state index contributed by atoms with van der Waals surface area (Å²) in [5, 5.41) is 12.8. The third-order valence-corrected chi connectivity index (χ3v) is 7.32. The molecule has 0 spiro atoms. The lowest BCUT2D eigenvalue weighted by Gasteiger charge is -2.41. The summed E-state index contributed by atoms with van der Waals surface area (Å²) >= 11 is 6.22. The van der Waals surface area contributed by atoms with Gasteiger partial charge in [-0.15, -0.1) is 0 Å². The van der Waals surface area contributed by atoms with Crippen LogP contribution in [0.5, 0.6) is 0 Å². The number of allylic oxidation sites excluding steroid dienone is 1. The Labute approximate surface area is 234 Å². The second kappa shape index (κ2) is 9.97. The quantitative estimate of drug-likeness (QED) is 0.468. The van der Waals surface area contributed by atoms with Crippen molar-refractivity contribution in [3.63, 3.8) is 0 Å². The molecule has 2 aromatic heterocycles. The van der Waals surface area contributed by atoms with Crippen molar-refractivity contribution in [1.29, 1.82) is 5.26 Å². The van der Waals surface area contributed by atoms with Crippen LogP contribution in [0.3, 0.4) is 0 Å². The first-order valence-electron chi connectivity index (χ1n) is 12.5. The number of nitrogens with zero attached hydrogens (tertiary/aromatic N) is 5. The highest BCUT2D eigenvalue weighted by atomic mass is 35.5. The Hall–Kier alpha value is -4.40. The van der Waals surface area contributed by atoms with Gasteiger partial charge in [0.05, 0.1) is 34.6 Å². The minimum Gasteiger partial charge on any atom is -0.482 e. The monoisotopic (exact) mass is 563 g/mol. The number of methoxy groups -OCH3 is 1. The van der Waals surface area contributed by atoms with Gasteiger partial charge in [0.2, 0.25) is 5.79 Å². The van der Waals surface area contributed by atoms with Gasteiger partial charge in [-0.25, -0.2) is 9.38 Å². The highest BCUT2D eigenvalue weighted by Crippen LogP contribution is 2.46. The number of fused-ring (bicyclic) bond motifs is 1. The van der Waals surface area contributed by atoms with E-state index in [0.717, 1.165) is 0 Å². The van der Waals surface area contributed by atoms with Crippen LogP contribution in [0.1, 0.15) is 58.8 Å². The summed E-state index contributed by atoms with van der Waals surface area (Å²) in [4.78, 5) is 37.7. The van der Waals surface area contributed by atoms with E-state index in [-0.39, 0.29) is 22.3 Å². The second-order valence-corrected chi connectivity index (χ2v) is 10.4. The van der Waals surface area contributed by atoms with E-state index in [1.54, 1.807) is 31.5 Å². The standard InChI is InChI=1S/C28H27ClFN7O3/c1-15(2)36-22(28(35(3)4)33-9-8-23(34-28)40-5)12-19-25(36)24(16-6-7-17(13-31)20(30)10-16)37(27(19)39)21-11-18(29)14-32-26(21)38/h6-12,14-15,24,34H,1-5H3,(H,32,38). The number of ether oxygens (including phenoxy) is 1. The Morgan fingerprint density at radius 2 is 2.00 bits per heavy atom. The molecule has 1 aromatic carbocycles. The fourth-order valence-electron chi connectivity index (χ4n) is 5.32. The number of halogens is 2. The number of aliphatic imine (C=N–C) groups is 1. The van der Waals surface area contributed by atoms with Crippen molar-refractivity contribution in [1.82, 2.24) is 19.8 Å². The molecule has 1 amide bonds. The molecule has 2 aliphatic heterocycles. The third-order valence-electron chi connectivity index (χ3n) is 7.11. The molecule has 0 bridgehead atoms. The van der Waals surface area contributed by atoms with E-state index in [2.05, 4.69) is 10.3 Å². The van der Waals surface area contributed by atoms with E-state index < -0.39 is 29.1 Å². The number of carbonyl (C=O) groups is 1. The summed E-state index contributed by atoms with van der Waals surface area (Å²) < 4.78 is 22.4. The molecule has 206 valence electrons. The number of nitrogens with one attached hydrogen (secondary N) is 2. The predicted molar refractivity (Wildman–Crippen MR) is 149 cm³/mol. The minimum absolute atomic E-state index is 0.0149. The summed E-state index contributed by atoms with van der Waals surface area (Å²) in [5.74, 6) is -1.87. The van der Waals surface area contributed by atoms with Gasteiger partial charge in [0, 0.05) is 24.5 Å². The smallest absolute Gasteiger partial charge is 0.272 e. The molecular weight excluding hydrogens is 537 g/mol. The summed E-state index contributed by atoms with van der Waals surface area (Å²) in [5.41, 5.74) is 1.24. The van der Waals surface area contributed by atoms with E-state index in [1.165, 1.54) is 29.3 Å². The van der Waals surface area contributed by atoms with Crippen molar-refractivity contribution in [2.75, 3.05) is 26.1 Å². The van der Waals surface area contributed by atoms with Crippen LogP contribution < -0.4 is 15.8 Å². The molecule has 2 atom stereocenters. The average molecular weight is 564 g/mol. The molecule has 2 N–H and O–H groups in total. The fraction of sp³-hybridized carbons (Fsp3) is 0.286. The van der Waals surface area contributed by atoms with Crippen LogP contribution in [-0.4, -0.2) is 47.8 Å². The van der Waals surface area contributed by atoms with Crippen molar-refractivity contribution in [2.45, 2.75) is 31.7 Å². The second-order valence-electron chi connectivity index (χ2n) is 9.96. The van der Waals surface area contributed by atoms with E-state index >= 15 is 0 Å². The van der Waals surface area contributed by atoms with Crippen LogP contribution in [-0.2, 0) is 10.5 Å². The van der Waals surface area contributed by atoms with E-state index in [9.17, 15) is 19.2 Å². The van der Waals surface area contributed by atoms with Gasteiger partial charge >= 0.3 is 0 Å². The van der Waals surface area contributed by atoms with Gasteiger partial charge in [-0.2, -0.15) is 5.26 Å². The van der Waals surface area contributed by atoms with Crippen LogP contribution in [0.25, 0.3) is 0 Å². The van der Waals surface area contributed by atoms with Crippen LogP contribution >= 0.6 is 11.6 Å². The highest BCUT2D eigenvalue weighted by Gasteiger charge is 2.48. The Morgan fingerprint density at radius 3 is 2.62 bits per heavy atom. The summed E-state index contributed by atoms with van der Waals surface area (Å²) in [7, 11) is 5.23. The number of aromatic nitrogens is 2. The zero-order valence-electron chi connectivity index (χ0n) is 22.5. The van der Waals surface area contributed by atoms with Gasteiger partial charge in [-0.1, -0.05) is 17.7 Å². The zero-order valence-corrected chi connectivity index (χ0v) is 23.2. The average Bonchev–Trinajstić information content (AvgIpc) is 3.45. The predicted octanol–water partition coefficient (Wildman–Crippen LogP) is 4.00. The Kier molecular flexibility index (Phi) is 6.77. The first-order chi connectivity index (χ1) is 19.0. The highest BCUT2D eigenvalue weighted by molar-refractivity contribution is 6.30. The molecule has 2 aliphatic rings. The third kappa shape index (κ3) is 4.08. The summed E-state index contributed by atoms with van der Waals surface area (Å²) in [6, 6.07) is 8.03. The fourth-order valence-corrected chi connectivity index (χ4v) is 5.48. The molecule has 12 heteroatoms.